The molecule has 6 heteroatoms. The Kier molecular flexibility index (Phi) is 3.04. The van der Waals surface area contributed by atoms with Crippen LogP contribution in [0.5, 0.6) is 0 Å². The van der Waals surface area contributed by atoms with Crippen molar-refractivity contribution in [3.63, 3.8) is 0 Å². The number of nitrogens with two attached hydrogens (primary N) is 1. The van der Waals surface area contributed by atoms with E-state index in [2.05, 4.69) is 0 Å². The minimum Gasteiger partial charge on any atom is -0.481 e. The molecule has 2 aliphatic rings. The van der Waals surface area contributed by atoms with E-state index in [1.165, 1.54) is 0 Å². The molecule has 0 spiro atoms. The first-order chi connectivity index (χ1) is 8.00. The predicted octanol–water partition coefficient (Wildman–Crippen LogP) is -0.569. The molecule has 1 saturated heterocycles. The Morgan fingerprint density at radius 1 is 1.24 bits per heavy atom. The number of rotatable bonds is 3. The second-order valence-corrected chi connectivity index (χ2v) is 4.81. The monoisotopic (exact) mass is 240 g/mol. The minimum absolute atomic E-state index is 0.136. The van der Waals surface area contributed by atoms with Crippen LogP contribution in [0, 0.1) is 17.8 Å². The van der Waals surface area contributed by atoms with E-state index in [-0.39, 0.29) is 23.7 Å². The lowest BCUT2D eigenvalue weighted by atomic mass is 9.97. The van der Waals surface area contributed by atoms with Crippen LogP contribution in [0.25, 0.3) is 0 Å². The largest absolute Gasteiger partial charge is 0.481 e. The van der Waals surface area contributed by atoms with Gasteiger partial charge in [-0.3, -0.25) is 14.4 Å². The fraction of sp³-hybridized carbons (Fsp3) is 0.727. The highest BCUT2D eigenvalue weighted by atomic mass is 16.4. The van der Waals surface area contributed by atoms with Gasteiger partial charge in [0.2, 0.25) is 11.8 Å². The van der Waals surface area contributed by atoms with Crippen molar-refractivity contribution >= 4 is 17.8 Å². The molecule has 1 saturated carbocycles. The van der Waals surface area contributed by atoms with E-state index in [1.54, 1.807) is 4.90 Å². The SMILES string of the molecule is NC(=O)[C@@H]1CCCN(C(=O)[C@H]2C[C@@H]2C(=O)O)C1. The molecule has 6 nitrogen and oxygen atoms in total. The quantitative estimate of drug-likeness (QED) is 0.689. The average molecular weight is 240 g/mol. The maximum atomic E-state index is 12.0. The van der Waals surface area contributed by atoms with Crippen LogP contribution in [-0.4, -0.2) is 40.9 Å². The smallest absolute Gasteiger partial charge is 0.307 e. The van der Waals surface area contributed by atoms with Gasteiger partial charge in [0.05, 0.1) is 17.8 Å². The maximum Gasteiger partial charge on any atom is 0.307 e. The standard InChI is InChI=1S/C11H16N2O4/c12-9(14)6-2-1-3-13(5-6)10(15)7-4-8(7)11(16)17/h6-8H,1-5H2,(H2,12,14)(H,16,17)/t6-,7+,8+/m1/s1. The van der Waals surface area contributed by atoms with Crippen molar-refractivity contribution in [3.05, 3.63) is 0 Å². The van der Waals surface area contributed by atoms with Crippen LogP contribution < -0.4 is 5.73 Å². The number of carbonyl (C=O) groups is 3. The molecule has 17 heavy (non-hydrogen) atoms. The van der Waals surface area contributed by atoms with Gasteiger partial charge in [0.15, 0.2) is 0 Å². The van der Waals surface area contributed by atoms with Crippen molar-refractivity contribution in [3.8, 4) is 0 Å². The Hall–Kier alpha value is -1.59. The molecule has 0 aromatic heterocycles. The van der Waals surface area contributed by atoms with Gasteiger partial charge in [-0.05, 0) is 19.3 Å². The summed E-state index contributed by atoms with van der Waals surface area (Å²) in [5, 5.41) is 8.77. The minimum atomic E-state index is -0.910. The zero-order chi connectivity index (χ0) is 12.6. The summed E-state index contributed by atoms with van der Waals surface area (Å²) in [4.78, 5) is 35.3. The van der Waals surface area contributed by atoms with Crippen LogP contribution in [0.2, 0.25) is 0 Å². The summed E-state index contributed by atoms with van der Waals surface area (Å²) in [6, 6.07) is 0. The summed E-state index contributed by atoms with van der Waals surface area (Å²) < 4.78 is 0. The van der Waals surface area contributed by atoms with Crippen LogP contribution in [0.15, 0.2) is 0 Å². The van der Waals surface area contributed by atoms with Gasteiger partial charge in [0.25, 0.3) is 0 Å². The Bertz CT molecular complexity index is 368. The first-order valence-electron chi connectivity index (χ1n) is 5.81. The van der Waals surface area contributed by atoms with Crippen LogP contribution in [0.3, 0.4) is 0 Å². The molecule has 0 unspecified atom stereocenters. The molecular formula is C11H16N2O4. The van der Waals surface area contributed by atoms with Crippen molar-refractivity contribution in [1.29, 1.82) is 0 Å². The number of primary amides is 1. The highest BCUT2D eigenvalue weighted by Gasteiger charge is 2.50. The van der Waals surface area contributed by atoms with Gasteiger partial charge in [0, 0.05) is 13.1 Å². The first-order valence-corrected chi connectivity index (χ1v) is 5.81. The van der Waals surface area contributed by atoms with Gasteiger partial charge in [0.1, 0.15) is 0 Å². The third-order valence-electron chi connectivity index (χ3n) is 3.56. The molecule has 3 atom stereocenters. The molecule has 0 radical (unpaired) electrons. The van der Waals surface area contributed by atoms with E-state index in [0.29, 0.717) is 25.9 Å². The molecule has 2 rings (SSSR count). The highest BCUT2D eigenvalue weighted by molar-refractivity contribution is 5.90. The second-order valence-electron chi connectivity index (χ2n) is 4.81. The molecule has 2 amide bonds. The van der Waals surface area contributed by atoms with Gasteiger partial charge in [-0.2, -0.15) is 0 Å². The predicted molar refractivity (Wildman–Crippen MR) is 57.7 cm³/mol. The van der Waals surface area contributed by atoms with Gasteiger partial charge in [-0.25, -0.2) is 0 Å². The Morgan fingerprint density at radius 3 is 2.47 bits per heavy atom. The topological polar surface area (TPSA) is 101 Å². The lowest BCUT2D eigenvalue weighted by molar-refractivity contribution is -0.143. The number of carboxylic acid groups (broad SMARTS) is 1. The zero-order valence-corrected chi connectivity index (χ0v) is 9.46. The van der Waals surface area contributed by atoms with Crippen molar-refractivity contribution in [1.82, 2.24) is 4.90 Å². The van der Waals surface area contributed by atoms with Crippen LogP contribution in [-0.2, 0) is 14.4 Å². The van der Waals surface area contributed by atoms with Crippen molar-refractivity contribution < 1.29 is 19.5 Å². The summed E-state index contributed by atoms with van der Waals surface area (Å²) in [6.45, 7) is 0.947. The summed E-state index contributed by atoms with van der Waals surface area (Å²) in [5.74, 6) is -2.63. The number of carbonyl (C=O) groups excluding carboxylic acids is 2. The van der Waals surface area contributed by atoms with E-state index < -0.39 is 11.9 Å². The van der Waals surface area contributed by atoms with Gasteiger partial charge >= 0.3 is 5.97 Å². The summed E-state index contributed by atoms with van der Waals surface area (Å²) in [7, 11) is 0. The lowest BCUT2D eigenvalue weighted by Gasteiger charge is -2.31. The van der Waals surface area contributed by atoms with Crippen molar-refractivity contribution in [2.24, 2.45) is 23.5 Å². The zero-order valence-electron chi connectivity index (χ0n) is 9.46. The normalized spacial score (nSPS) is 32.0. The molecule has 0 bridgehead atoms. The van der Waals surface area contributed by atoms with Crippen molar-refractivity contribution in [2.75, 3.05) is 13.1 Å². The van der Waals surface area contributed by atoms with Crippen LogP contribution in [0.4, 0.5) is 0 Å². The number of amides is 2. The summed E-state index contributed by atoms with van der Waals surface area (Å²) in [5.41, 5.74) is 5.23. The van der Waals surface area contributed by atoms with E-state index >= 15 is 0 Å². The van der Waals surface area contributed by atoms with Crippen molar-refractivity contribution in [2.45, 2.75) is 19.3 Å². The Balaban J connectivity index is 1.92. The highest BCUT2D eigenvalue weighted by Crippen LogP contribution is 2.40. The molecule has 94 valence electrons. The van der Waals surface area contributed by atoms with Crippen LogP contribution >= 0.6 is 0 Å². The van der Waals surface area contributed by atoms with E-state index in [0.717, 1.165) is 6.42 Å². The molecule has 0 aromatic rings. The molecule has 1 aliphatic heterocycles. The fourth-order valence-corrected chi connectivity index (χ4v) is 2.38. The molecule has 0 aromatic carbocycles. The van der Waals surface area contributed by atoms with E-state index in [1.807, 2.05) is 0 Å². The molecule has 1 aliphatic carbocycles. The van der Waals surface area contributed by atoms with E-state index in [9.17, 15) is 14.4 Å². The molecule has 3 N–H and O–H groups in total. The molecule has 2 fully saturated rings. The third-order valence-corrected chi connectivity index (χ3v) is 3.56. The number of likely N-dealkylation sites (tertiary alicyclic amines) is 1. The summed E-state index contributed by atoms with van der Waals surface area (Å²) in [6.07, 6.45) is 1.89. The maximum absolute atomic E-state index is 12.0. The second kappa shape index (κ2) is 4.35. The van der Waals surface area contributed by atoms with E-state index in [4.69, 9.17) is 10.8 Å². The lowest BCUT2D eigenvalue weighted by Crippen LogP contribution is -2.45. The third kappa shape index (κ3) is 2.40. The number of carboxylic acids is 1. The van der Waals surface area contributed by atoms with Gasteiger partial charge in [-0.15, -0.1) is 0 Å². The fourth-order valence-electron chi connectivity index (χ4n) is 2.38. The number of piperidine rings is 1. The van der Waals surface area contributed by atoms with Gasteiger partial charge in [-0.1, -0.05) is 0 Å². The Labute approximate surface area is 98.8 Å². The number of aliphatic carboxylic acids is 1. The number of hydrogen-bond donors (Lipinski definition) is 2. The Morgan fingerprint density at radius 2 is 1.94 bits per heavy atom. The molecule has 1 heterocycles. The number of hydrogen-bond acceptors (Lipinski definition) is 3. The van der Waals surface area contributed by atoms with Crippen LogP contribution in [0.1, 0.15) is 19.3 Å². The van der Waals surface area contributed by atoms with Gasteiger partial charge < -0.3 is 15.7 Å². The molecular weight excluding hydrogens is 224 g/mol. The average Bonchev–Trinajstić information content (AvgIpc) is 3.08. The summed E-state index contributed by atoms with van der Waals surface area (Å²) >= 11 is 0. The first kappa shape index (κ1) is 11.9. The number of nitrogens with zero attached hydrogens (tertiary/aromatic N) is 1.